The summed E-state index contributed by atoms with van der Waals surface area (Å²) in [4.78, 5) is 14.2. The minimum Gasteiger partial charge on any atom is -0.487 e. The van der Waals surface area contributed by atoms with E-state index in [1.54, 1.807) is 11.0 Å². The van der Waals surface area contributed by atoms with E-state index < -0.39 is 6.04 Å². The molecule has 1 amide bonds. The van der Waals surface area contributed by atoms with Gasteiger partial charge in [0.05, 0.1) is 24.3 Å². The van der Waals surface area contributed by atoms with E-state index in [0.717, 1.165) is 19.3 Å². The Bertz CT molecular complexity index is 580. The summed E-state index contributed by atoms with van der Waals surface area (Å²) in [5.74, 6) is 0.563. The minimum atomic E-state index is -0.637. The number of ether oxygens (including phenoxy) is 3. The van der Waals surface area contributed by atoms with Crippen LogP contribution in [0.2, 0.25) is 5.02 Å². The van der Waals surface area contributed by atoms with Gasteiger partial charge in [-0.25, -0.2) is 0 Å². The lowest BCUT2D eigenvalue weighted by atomic mass is 10.1. The zero-order valence-corrected chi connectivity index (χ0v) is 15.0. The van der Waals surface area contributed by atoms with Gasteiger partial charge in [-0.15, -0.1) is 0 Å². The quantitative estimate of drug-likeness (QED) is 0.829. The van der Waals surface area contributed by atoms with Crippen molar-refractivity contribution in [2.75, 3.05) is 32.9 Å². The van der Waals surface area contributed by atoms with E-state index in [9.17, 15) is 4.79 Å². The Kier molecular flexibility index (Phi) is 6.53. The summed E-state index contributed by atoms with van der Waals surface area (Å²) in [6.45, 7) is 2.83. The number of halogens is 1. The Morgan fingerprint density at radius 1 is 1.28 bits per heavy atom. The van der Waals surface area contributed by atoms with Crippen LogP contribution in [0.25, 0.3) is 0 Å². The first-order valence-electron chi connectivity index (χ1n) is 8.78. The van der Waals surface area contributed by atoms with Crippen LogP contribution >= 0.6 is 11.6 Å². The number of nitrogens with zero attached hydrogens (tertiary/aromatic N) is 1. The van der Waals surface area contributed by atoms with Crippen molar-refractivity contribution in [1.82, 2.24) is 4.90 Å². The number of rotatable bonds is 6. The molecule has 1 aromatic carbocycles. The maximum atomic E-state index is 12.5. The third-order valence-electron chi connectivity index (χ3n) is 4.58. The fourth-order valence-electron chi connectivity index (χ4n) is 3.13. The van der Waals surface area contributed by atoms with Gasteiger partial charge in [-0.2, -0.15) is 0 Å². The lowest BCUT2D eigenvalue weighted by Gasteiger charge is -2.25. The van der Waals surface area contributed by atoms with E-state index in [1.165, 1.54) is 0 Å². The lowest BCUT2D eigenvalue weighted by Crippen LogP contribution is -2.46. The Morgan fingerprint density at radius 2 is 2.04 bits per heavy atom. The van der Waals surface area contributed by atoms with Crippen LogP contribution < -0.4 is 10.5 Å². The van der Waals surface area contributed by atoms with E-state index in [2.05, 4.69) is 0 Å². The summed E-state index contributed by atoms with van der Waals surface area (Å²) < 4.78 is 17.0. The van der Waals surface area contributed by atoms with Crippen LogP contribution in [0.1, 0.15) is 19.3 Å². The summed E-state index contributed by atoms with van der Waals surface area (Å²) in [6, 6.07) is 6.72. The maximum absolute atomic E-state index is 12.5. The molecule has 1 aromatic rings. The Morgan fingerprint density at radius 3 is 2.80 bits per heavy atom. The number of carbonyl (C=O) groups is 1. The molecule has 3 rings (SSSR count). The van der Waals surface area contributed by atoms with Gasteiger partial charge in [0.1, 0.15) is 17.9 Å². The van der Waals surface area contributed by atoms with Crippen molar-refractivity contribution >= 4 is 17.5 Å². The zero-order chi connectivity index (χ0) is 17.6. The minimum absolute atomic E-state index is 0.0625. The SMILES string of the molecule is N[C@@H](COC1CCOCC1)C(=O)N1CCC(Oc2ccccc2Cl)C1. The lowest BCUT2D eigenvalue weighted by molar-refractivity contribution is -0.134. The van der Waals surface area contributed by atoms with Gasteiger partial charge in [0.2, 0.25) is 5.91 Å². The molecule has 2 atom stereocenters. The molecule has 0 radical (unpaired) electrons. The van der Waals surface area contributed by atoms with Crippen LogP contribution in [0.5, 0.6) is 5.75 Å². The van der Waals surface area contributed by atoms with Crippen LogP contribution in [0.4, 0.5) is 0 Å². The third kappa shape index (κ3) is 5.07. The van der Waals surface area contributed by atoms with E-state index in [-0.39, 0.29) is 24.7 Å². The van der Waals surface area contributed by atoms with Crippen LogP contribution in [0.3, 0.4) is 0 Å². The molecule has 1 unspecified atom stereocenters. The van der Waals surface area contributed by atoms with Gasteiger partial charge in [0.25, 0.3) is 0 Å². The normalized spacial score (nSPS) is 22.8. The van der Waals surface area contributed by atoms with Gasteiger partial charge >= 0.3 is 0 Å². The summed E-state index contributed by atoms with van der Waals surface area (Å²) in [5.41, 5.74) is 6.03. The van der Waals surface area contributed by atoms with Gasteiger partial charge in [-0.3, -0.25) is 4.79 Å². The summed E-state index contributed by atoms with van der Waals surface area (Å²) in [6.07, 6.45) is 2.57. The highest BCUT2D eigenvalue weighted by Gasteiger charge is 2.31. The molecule has 0 saturated carbocycles. The zero-order valence-electron chi connectivity index (χ0n) is 14.2. The molecule has 7 heteroatoms. The van der Waals surface area contributed by atoms with Gasteiger partial charge < -0.3 is 24.8 Å². The number of carbonyl (C=O) groups excluding carboxylic acids is 1. The number of para-hydroxylation sites is 1. The molecule has 2 heterocycles. The second-order valence-electron chi connectivity index (χ2n) is 6.49. The summed E-state index contributed by atoms with van der Waals surface area (Å²) in [7, 11) is 0. The van der Waals surface area contributed by atoms with Crippen molar-refractivity contribution in [2.24, 2.45) is 5.73 Å². The van der Waals surface area contributed by atoms with E-state index in [1.807, 2.05) is 18.2 Å². The molecule has 2 N–H and O–H groups in total. The molecular weight excluding hydrogens is 344 g/mol. The highest BCUT2D eigenvalue weighted by atomic mass is 35.5. The van der Waals surface area contributed by atoms with E-state index in [0.29, 0.717) is 37.1 Å². The average molecular weight is 369 g/mol. The largest absolute Gasteiger partial charge is 0.487 e. The van der Waals surface area contributed by atoms with E-state index in [4.69, 9.17) is 31.5 Å². The molecule has 2 aliphatic heterocycles. The Labute approximate surface area is 153 Å². The fraction of sp³-hybridized carbons (Fsp3) is 0.611. The molecule has 2 saturated heterocycles. The summed E-state index contributed by atoms with van der Waals surface area (Å²) >= 11 is 6.12. The number of benzene rings is 1. The third-order valence-corrected chi connectivity index (χ3v) is 4.90. The topological polar surface area (TPSA) is 74.0 Å². The molecule has 0 bridgehead atoms. The van der Waals surface area contributed by atoms with Crippen LogP contribution in [-0.2, 0) is 14.3 Å². The van der Waals surface area contributed by atoms with Crippen molar-refractivity contribution in [3.05, 3.63) is 29.3 Å². The van der Waals surface area contributed by atoms with Crippen molar-refractivity contribution in [3.63, 3.8) is 0 Å². The number of hydrogen-bond acceptors (Lipinski definition) is 5. The molecule has 6 nitrogen and oxygen atoms in total. The number of nitrogens with two attached hydrogens (primary N) is 1. The predicted molar refractivity (Wildman–Crippen MR) is 94.8 cm³/mol. The van der Waals surface area contributed by atoms with Crippen LogP contribution in [0.15, 0.2) is 24.3 Å². The number of likely N-dealkylation sites (tertiary alicyclic amines) is 1. The molecule has 0 aromatic heterocycles. The highest BCUT2D eigenvalue weighted by molar-refractivity contribution is 6.32. The molecule has 25 heavy (non-hydrogen) atoms. The first kappa shape index (κ1) is 18.5. The van der Waals surface area contributed by atoms with Crippen LogP contribution in [-0.4, -0.2) is 62.0 Å². The fourth-order valence-corrected chi connectivity index (χ4v) is 3.31. The molecule has 2 aliphatic rings. The van der Waals surface area contributed by atoms with Gasteiger partial charge in [0.15, 0.2) is 0 Å². The molecule has 0 aliphatic carbocycles. The van der Waals surface area contributed by atoms with E-state index >= 15 is 0 Å². The number of hydrogen-bond donors (Lipinski definition) is 1. The molecule has 0 spiro atoms. The summed E-state index contributed by atoms with van der Waals surface area (Å²) in [5, 5.41) is 0.578. The van der Waals surface area contributed by atoms with Crippen LogP contribution in [0, 0.1) is 0 Å². The second-order valence-corrected chi connectivity index (χ2v) is 6.90. The van der Waals surface area contributed by atoms with Gasteiger partial charge in [-0.1, -0.05) is 23.7 Å². The first-order chi connectivity index (χ1) is 12.1. The molecular formula is C18H25ClN2O4. The molecule has 2 fully saturated rings. The van der Waals surface area contributed by atoms with Crippen molar-refractivity contribution in [2.45, 2.75) is 37.5 Å². The highest BCUT2D eigenvalue weighted by Crippen LogP contribution is 2.26. The monoisotopic (exact) mass is 368 g/mol. The first-order valence-corrected chi connectivity index (χ1v) is 9.16. The second kappa shape index (κ2) is 8.85. The van der Waals surface area contributed by atoms with Crippen molar-refractivity contribution in [3.8, 4) is 5.75 Å². The van der Waals surface area contributed by atoms with Crippen molar-refractivity contribution < 1.29 is 19.0 Å². The predicted octanol–water partition coefficient (Wildman–Crippen LogP) is 1.84. The number of amides is 1. The van der Waals surface area contributed by atoms with Gasteiger partial charge in [-0.05, 0) is 25.0 Å². The smallest absolute Gasteiger partial charge is 0.242 e. The Balaban J connectivity index is 1.44. The standard InChI is InChI=1S/C18H25ClN2O4/c19-15-3-1-2-4-17(15)25-14-5-8-21(11-14)18(22)16(20)12-24-13-6-9-23-10-7-13/h1-4,13-14,16H,5-12,20H2/t14?,16-/m0/s1. The Hall–Kier alpha value is -1.34. The maximum Gasteiger partial charge on any atom is 0.242 e. The average Bonchev–Trinajstić information content (AvgIpc) is 3.10. The molecule has 138 valence electrons. The van der Waals surface area contributed by atoms with Crippen molar-refractivity contribution in [1.29, 1.82) is 0 Å². The van der Waals surface area contributed by atoms with Gasteiger partial charge in [0, 0.05) is 26.2 Å².